The largest absolute Gasteiger partial charge is 0.497 e. The molecular weight excluding hydrogens is 368 g/mol. The summed E-state index contributed by atoms with van der Waals surface area (Å²) in [6.45, 7) is 3.07. The average molecular weight is 395 g/mol. The fourth-order valence-corrected chi connectivity index (χ4v) is 3.64. The molecule has 0 aromatic heterocycles. The van der Waals surface area contributed by atoms with Crippen LogP contribution in [0.15, 0.2) is 48.5 Å². The topological polar surface area (TPSA) is 68.1 Å². The lowest BCUT2D eigenvalue weighted by Crippen LogP contribution is -3.06. The number of carbonyl (C=O) groups excluding carboxylic acids is 3. The highest BCUT2D eigenvalue weighted by Gasteiger charge is 2.51. The van der Waals surface area contributed by atoms with E-state index in [9.17, 15) is 14.4 Å². The molecule has 0 saturated carbocycles. The van der Waals surface area contributed by atoms with Gasteiger partial charge in [-0.1, -0.05) is 29.8 Å². The van der Waals surface area contributed by atoms with Gasteiger partial charge in [-0.05, 0) is 36.8 Å². The molecule has 3 rings (SSSR count). The van der Waals surface area contributed by atoms with Crippen LogP contribution in [0.3, 0.4) is 0 Å². The van der Waals surface area contributed by atoms with E-state index in [1.165, 1.54) is 0 Å². The SMILES string of the molecule is COc1ccc(C(=O)C2C(=O)C(=O)N(CC[NH+](C)C)C2c2ccc(C)cc2)cc1. The molecule has 1 aliphatic heterocycles. The molecule has 6 heteroatoms. The zero-order chi connectivity index (χ0) is 21.1. The first kappa shape index (κ1) is 20.7. The highest BCUT2D eigenvalue weighted by atomic mass is 16.5. The van der Waals surface area contributed by atoms with Gasteiger partial charge in [0.2, 0.25) is 5.78 Å². The number of methoxy groups -OCH3 is 1. The van der Waals surface area contributed by atoms with Crippen molar-refractivity contribution in [2.45, 2.75) is 13.0 Å². The average Bonchev–Trinajstić information content (AvgIpc) is 2.97. The number of ether oxygens (including phenoxy) is 1. The molecule has 1 fully saturated rings. The van der Waals surface area contributed by atoms with Gasteiger partial charge >= 0.3 is 0 Å². The number of amides is 1. The molecule has 2 aromatic rings. The Hall–Kier alpha value is -2.99. The quantitative estimate of drug-likeness (QED) is 0.433. The Labute approximate surface area is 171 Å². The van der Waals surface area contributed by atoms with Crippen LogP contribution < -0.4 is 9.64 Å². The maximum absolute atomic E-state index is 13.3. The summed E-state index contributed by atoms with van der Waals surface area (Å²) in [4.78, 5) is 41.7. The molecule has 1 aliphatic rings. The van der Waals surface area contributed by atoms with Crippen molar-refractivity contribution < 1.29 is 24.0 Å². The lowest BCUT2D eigenvalue weighted by molar-refractivity contribution is -0.857. The number of quaternary nitrogens is 1. The fraction of sp³-hybridized carbons (Fsp3) is 0.348. The van der Waals surface area contributed by atoms with Crippen LogP contribution in [0.25, 0.3) is 0 Å². The first-order chi connectivity index (χ1) is 13.8. The lowest BCUT2D eigenvalue weighted by Gasteiger charge is -2.27. The van der Waals surface area contributed by atoms with Gasteiger partial charge in [0.1, 0.15) is 11.7 Å². The Morgan fingerprint density at radius 1 is 1.03 bits per heavy atom. The van der Waals surface area contributed by atoms with Crippen LogP contribution >= 0.6 is 0 Å². The molecule has 1 amide bonds. The first-order valence-electron chi connectivity index (χ1n) is 9.72. The number of hydrogen-bond donors (Lipinski definition) is 1. The monoisotopic (exact) mass is 395 g/mol. The van der Waals surface area contributed by atoms with Crippen molar-refractivity contribution in [1.82, 2.24) is 4.90 Å². The van der Waals surface area contributed by atoms with Crippen molar-refractivity contribution in [3.05, 3.63) is 65.2 Å². The van der Waals surface area contributed by atoms with Gasteiger partial charge in [-0.25, -0.2) is 0 Å². The minimum absolute atomic E-state index is 0.337. The zero-order valence-corrected chi connectivity index (χ0v) is 17.3. The van der Waals surface area contributed by atoms with Crippen molar-refractivity contribution in [1.29, 1.82) is 0 Å². The van der Waals surface area contributed by atoms with Crippen LogP contribution in [0.2, 0.25) is 0 Å². The summed E-state index contributed by atoms with van der Waals surface area (Å²) in [5.74, 6) is -1.97. The van der Waals surface area contributed by atoms with Gasteiger partial charge < -0.3 is 14.5 Å². The number of aryl methyl sites for hydroxylation is 1. The van der Waals surface area contributed by atoms with Gasteiger partial charge in [0.05, 0.1) is 40.3 Å². The number of likely N-dealkylation sites (N-methyl/N-ethyl adjacent to an activating group) is 1. The number of nitrogens with one attached hydrogen (secondary N) is 1. The lowest BCUT2D eigenvalue weighted by atomic mass is 9.86. The molecule has 0 spiro atoms. The van der Waals surface area contributed by atoms with E-state index in [4.69, 9.17) is 4.74 Å². The second kappa shape index (κ2) is 8.57. The Morgan fingerprint density at radius 2 is 1.66 bits per heavy atom. The van der Waals surface area contributed by atoms with Crippen LogP contribution in [-0.4, -0.2) is 56.7 Å². The van der Waals surface area contributed by atoms with E-state index in [1.54, 1.807) is 36.3 Å². The molecule has 29 heavy (non-hydrogen) atoms. The maximum Gasteiger partial charge on any atom is 0.291 e. The van der Waals surface area contributed by atoms with E-state index in [1.807, 2.05) is 45.3 Å². The number of ketones is 2. The summed E-state index contributed by atoms with van der Waals surface area (Å²) in [5, 5.41) is 0. The molecule has 1 N–H and O–H groups in total. The molecule has 1 heterocycles. The van der Waals surface area contributed by atoms with E-state index >= 15 is 0 Å². The molecule has 0 radical (unpaired) electrons. The van der Waals surface area contributed by atoms with E-state index in [-0.39, 0.29) is 5.78 Å². The van der Waals surface area contributed by atoms with Crippen LogP contribution in [-0.2, 0) is 9.59 Å². The van der Waals surface area contributed by atoms with E-state index in [0.717, 1.165) is 16.0 Å². The van der Waals surface area contributed by atoms with Gasteiger partial charge in [0.25, 0.3) is 5.91 Å². The highest BCUT2D eigenvalue weighted by molar-refractivity contribution is 6.44. The molecule has 2 aromatic carbocycles. The van der Waals surface area contributed by atoms with Gasteiger partial charge in [0.15, 0.2) is 5.78 Å². The molecule has 2 atom stereocenters. The molecule has 1 saturated heterocycles. The van der Waals surface area contributed by atoms with Crippen molar-refractivity contribution in [3.8, 4) is 5.75 Å². The van der Waals surface area contributed by atoms with Crippen molar-refractivity contribution >= 4 is 17.5 Å². The zero-order valence-electron chi connectivity index (χ0n) is 17.3. The van der Waals surface area contributed by atoms with Crippen LogP contribution in [0.4, 0.5) is 0 Å². The normalized spacial score (nSPS) is 19.1. The van der Waals surface area contributed by atoms with Gasteiger partial charge in [-0.15, -0.1) is 0 Å². The predicted octanol–water partition coefficient (Wildman–Crippen LogP) is 1.10. The molecular formula is C23H27N2O4+. The Kier molecular flexibility index (Phi) is 6.13. The number of benzene rings is 2. The standard InChI is InChI=1S/C23H26N2O4/c1-15-5-7-16(8-6-15)20-19(21(26)17-9-11-18(29-4)12-10-17)22(27)23(28)25(20)14-13-24(2)3/h5-12,19-20H,13-14H2,1-4H3/p+1. The summed E-state index contributed by atoms with van der Waals surface area (Å²) in [6, 6.07) is 13.7. The third-order valence-electron chi connectivity index (χ3n) is 5.33. The van der Waals surface area contributed by atoms with Gasteiger partial charge in [-0.2, -0.15) is 0 Å². The smallest absolute Gasteiger partial charge is 0.291 e. The van der Waals surface area contributed by atoms with Crippen LogP contribution in [0.5, 0.6) is 5.75 Å². The maximum atomic E-state index is 13.3. The summed E-state index contributed by atoms with van der Waals surface area (Å²) in [7, 11) is 5.53. The van der Waals surface area contributed by atoms with E-state index in [2.05, 4.69) is 0 Å². The number of carbonyl (C=O) groups is 3. The first-order valence-corrected chi connectivity index (χ1v) is 9.72. The summed E-state index contributed by atoms with van der Waals surface area (Å²) in [6.07, 6.45) is 0. The summed E-state index contributed by atoms with van der Waals surface area (Å²) in [5.41, 5.74) is 2.27. The van der Waals surface area contributed by atoms with Gasteiger partial charge in [-0.3, -0.25) is 14.4 Å². The molecule has 2 unspecified atom stereocenters. The molecule has 0 bridgehead atoms. The van der Waals surface area contributed by atoms with Crippen molar-refractivity contribution in [2.24, 2.45) is 5.92 Å². The summed E-state index contributed by atoms with van der Waals surface area (Å²) < 4.78 is 5.14. The summed E-state index contributed by atoms with van der Waals surface area (Å²) >= 11 is 0. The minimum atomic E-state index is -1.05. The third-order valence-corrected chi connectivity index (χ3v) is 5.33. The number of Topliss-reactive ketones (excluding diaryl/α,β-unsaturated/α-hetero) is 2. The second-order valence-corrected chi connectivity index (χ2v) is 7.75. The molecule has 0 aliphatic carbocycles. The number of nitrogens with zero attached hydrogens (tertiary/aromatic N) is 1. The minimum Gasteiger partial charge on any atom is -0.497 e. The fourth-order valence-electron chi connectivity index (χ4n) is 3.64. The predicted molar refractivity (Wildman–Crippen MR) is 109 cm³/mol. The van der Waals surface area contributed by atoms with E-state index in [0.29, 0.717) is 24.4 Å². The van der Waals surface area contributed by atoms with Crippen molar-refractivity contribution in [2.75, 3.05) is 34.3 Å². The third kappa shape index (κ3) is 4.22. The van der Waals surface area contributed by atoms with Crippen molar-refractivity contribution in [3.63, 3.8) is 0 Å². The Balaban J connectivity index is 2.01. The molecule has 6 nitrogen and oxygen atoms in total. The molecule has 152 valence electrons. The van der Waals surface area contributed by atoms with Crippen LogP contribution in [0.1, 0.15) is 27.5 Å². The number of rotatable bonds is 7. The van der Waals surface area contributed by atoms with Crippen LogP contribution in [0, 0.1) is 12.8 Å². The number of hydrogen-bond acceptors (Lipinski definition) is 4. The Morgan fingerprint density at radius 3 is 2.21 bits per heavy atom. The van der Waals surface area contributed by atoms with E-state index < -0.39 is 23.7 Å². The highest BCUT2D eigenvalue weighted by Crippen LogP contribution is 2.38. The van der Waals surface area contributed by atoms with Gasteiger partial charge in [0, 0.05) is 5.56 Å². The second-order valence-electron chi connectivity index (χ2n) is 7.75. The number of likely N-dealkylation sites (tertiary alicyclic amines) is 1. The Bertz CT molecular complexity index is 903.